The summed E-state index contributed by atoms with van der Waals surface area (Å²) in [6.45, 7) is 4.84. The maximum atomic E-state index is 14.0. The van der Waals surface area contributed by atoms with Crippen molar-refractivity contribution in [2.45, 2.75) is 51.6 Å². The molecule has 2 aliphatic rings. The summed E-state index contributed by atoms with van der Waals surface area (Å²) in [7, 11) is 0. The number of piperidine rings is 1. The lowest BCUT2D eigenvalue weighted by molar-refractivity contribution is -0.152. The van der Waals surface area contributed by atoms with Gasteiger partial charge in [0, 0.05) is 6.42 Å². The number of ether oxygens (including phenoxy) is 1. The summed E-state index contributed by atoms with van der Waals surface area (Å²) in [5.74, 6) is -0.832. The molecule has 2 aliphatic heterocycles. The lowest BCUT2D eigenvalue weighted by Gasteiger charge is -2.34. The molecule has 4 rings (SSSR count). The SMILES string of the molecule is CCOC(=O)C1CCCCN1CC(=O)N1N=C(c2ccc(C)cc2)CC1c1cccc(F)c1. The van der Waals surface area contributed by atoms with Gasteiger partial charge in [-0.25, -0.2) is 9.40 Å². The van der Waals surface area contributed by atoms with Crippen molar-refractivity contribution in [3.63, 3.8) is 0 Å². The quantitative estimate of drug-likeness (QED) is 0.617. The Kier molecular flexibility index (Phi) is 7.18. The molecule has 0 radical (unpaired) electrons. The molecule has 33 heavy (non-hydrogen) atoms. The van der Waals surface area contributed by atoms with Gasteiger partial charge in [-0.1, -0.05) is 48.4 Å². The number of aryl methyl sites for hydroxylation is 1. The largest absolute Gasteiger partial charge is 0.465 e. The molecule has 0 saturated carbocycles. The van der Waals surface area contributed by atoms with Gasteiger partial charge in [0.1, 0.15) is 11.9 Å². The normalized spacial score (nSPS) is 21.1. The first kappa shape index (κ1) is 23.1. The Balaban J connectivity index is 1.59. The zero-order chi connectivity index (χ0) is 23.4. The van der Waals surface area contributed by atoms with E-state index in [9.17, 15) is 14.0 Å². The van der Waals surface area contributed by atoms with Crippen molar-refractivity contribution in [2.24, 2.45) is 5.10 Å². The van der Waals surface area contributed by atoms with Gasteiger partial charge in [0.05, 0.1) is 24.9 Å². The zero-order valence-corrected chi connectivity index (χ0v) is 19.2. The Morgan fingerprint density at radius 2 is 1.94 bits per heavy atom. The maximum Gasteiger partial charge on any atom is 0.323 e. The number of nitrogens with zero attached hydrogens (tertiary/aromatic N) is 3. The topological polar surface area (TPSA) is 62.2 Å². The first-order valence-electron chi connectivity index (χ1n) is 11.6. The minimum absolute atomic E-state index is 0.0694. The molecule has 0 spiro atoms. The molecule has 1 amide bonds. The summed E-state index contributed by atoms with van der Waals surface area (Å²) in [5, 5.41) is 6.16. The van der Waals surface area contributed by atoms with E-state index in [4.69, 9.17) is 4.74 Å². The third-order valence-corrected chi connectivity index (χ3v) is 6.29. The number of carbonyl (C=O) groups is 2. The van der Waals surface area contributed by atoms with E-state index in [1.54, 1.807) is 13.0 Å². The lowest BCUT2D eigenvalue weighted by Crippen LogP contribution is -2.49. The Bertz CT molecular complexity index is 1040. The van der Waals surface area contributed by atoms with E-state index in [-0.39, 0.29) is 24.2 Å². The fraction of sp³-hybridized carbons (Fsp3) is 0.423. The van der Waals surface area contributed by atoms with Crippen molar-refractivity contribution < 1.29 is 18.7 Å². The van der Waals surface area contributed by atoms with Gasteiger partial charge in [-0.3, -0.25) is 14.5 Å². The second-order valence-corrected chi connectivity index (χ2v) is 8.66. The third-order valence-electron chi connectivity index (χ3n) is 6.29. The first-order chi connectivity index (χ1) is 16.0. The van der Waals surface area contributed by atoms with E-state index in [0.717, 1.165) is 29.7 Å². The summed E-state index contributed by atoms with van der Waals surface area (Å²) in [5.41, 5.74) is 3.58. The molecule has 0 aromatic heterocycles. The summed E-state index contributed by atoms with van der Waals surface area (Å²) in [4.78, 5) is 27.8. The van der Waals surface area contributed by atoms with Crippen LogP contribution in [0.3, 0.4) is 0 Å². The average Bonchev–Trinajstić information content (AvgIpc) is 3.26. The number of halogens is 1. The van der Waals surface area contributed by atoms with Gasteiger partial charge in [0.2, 0.25) is 0 Å². The van der Waals surface area contributed by atoms with E-state index in [1.807, 2.05) is 42.2 Å². The van der Waals surface area contributed by atoms with Gasteiger partial charge < -0.3 is 4.74 Å². The van der Waals surface area contributed by atoms with Crippen LogP contribution >= 0.6 is 0 Å². The number of benzene rings is 2. The molecule has 2 atom stereocenters. The lowest BCUT2D eigenvalue weighted by atomic mass is 9.97. The molecule has 2 unspecified atom stereocenters. The molecule has 2 aromatic carbocycles. The van der Waals surface area contributed by atoms with Crippen LogP contribution in [0.25, 0.3) is 0 Å². The van der Waals surface area contributed by atoms with Gasteiger partial charge in [-0.2, -0.15) is 5.10 Å². The molecule has 1 fully saturated rings. The molecular formula is C26H30FN3O3. The maximum absolute atomic E-state index is 14.0. The van der Waals surface area contributed by atoms with Crippen molar-refractivity contribution in [2.75, 3.05) is 19.7 Å². The Morgan fingerprint density at radius 3 is 2.67 bits per heavy atom. The number of hydrogen-bond donors (Lipinski definition) is 0. The van der Waals surface area contributed by atoms with Crippen LogP contribution < -0.4 is 0 Å². The minimum Gasteiger partial charge on any atom is -0.465 e. The molecule has 2 aromatic rings. The van der Waals surface area contributed by atoms with Crippen molar-refractivity contribution in [1.29, 1.82) is 0 Å². The summed E-state index contributed by atoms with van der Waals surface area (Å²) >= 11 is 0. The first-order valence-corrected chi connectivity index (χ1v) is 11.6. The van der Waals surface area contributed by atoms with E-state index in [0.29, 0.717) is 31.6 Å². The molecule has 0 bridgehead atoms. The van der Waals surface area contributed by atoms with Crippen LogP contribution in [0, 0.1) is 12.7 Å². The van der Waals surface area contributed by atoms with Gasteiger partial charge in [0.25, 0.3) is 5.91 Å². The summed E-state index contributed by atoms with van der Waals surface area (Å²) < 4.78 is 19.2. The van der Waals surface area contributed by atoms with Crippen molar-refractivity contribution in [3.8, 4) is 0 Å². The van der Waals surface area contributed by atoms with Crippen LogP contribution in [0.4, 0.5) is 4.39 Å². The molecular weight excluding hydrogens is 421 g/mol. The highest BCUT2D eigenvalue weighted by Gasteiger charge is 2.37. The zero-order valence-electron chi connectivity index (χ0n) is 19.2. The van der Waals surface area contributed by atoms with Gasteiger partial charge in [-0.05, 0) is 56.5 Å². The molecule has 0 N–H and O–H groups in total. The van der Waals surface area contributed by atoms with E-state index < -0.39 is 12.1 Å². The monoisotopic (exact) mass is 451 g/mol. The van der Waals surface area contributed by atoms with Gasteiger partial charge >= 0.3 is 5.97 Å². The number of amides is 1. The van der Waals surface area contributed by atoms with Gasteiger partial charge in [0.15, 0.2) is 0 Å². The van der Waals surface area contributed by atoms with E-state index in [1.165, 1.54) is 17.1 Å². The Morgan fingerprint density at radius 1 is 1.15 bits per heavy atom. The van der Waals surface area contributed by atoms with E-state index in [2.05, 4.69) is 5.10 Å². The van der Waals surface area contributed by atoms with Crippen molar-refractivity contribution >= 4 is 17.6 Å². The predicted octanol–water partition coefficient (Wildman–Crippen LogP) is 4.23. The molecule has 6 nitrogen and oxygen atoms in total. The van der Waals surface area contributed by atoms with Crippen molar-refractivity contribution in [3.05, 3.63) is 71.0 Å². The second kappa shape index (κ2) is 10.3. The number of esters is 1. The minimum atomic E-state index is -0.418. The van der Waals surface area contributed by atoms with Gasteiger partial charge in [-0.15, -0.1) is 0 Å². The number of likely N-dealkylation sites (tertiary alicyclic amines) is 1. The third kappa shape index (κ3) is 5.30. The van der Waals surface area contributed by atoms with Crippen LogP contribution in [0.15, 0.2) is 53.6 Å². The van der Waals surface area contributed by atoms with Crippen molar-refractivity contribution in [1.82, 2.24) is 9.91 Å². The molecule has 1 saturated heterocycles. The average molecular weight is 452 g/mol. The summed E-state index contributed by atoms with van der Waals surface area (Å²) in [6.07, 6.45) is 3.03. The fourth-order valence-corrected chi connectivity index (χ4v) is 4.57. The van der Waals surface area contributed by atoms with Crippen LogP contribution in [-0.2, 0) is 14.3 Å². The standard InChI is InChI=1S/C26H30FN3O3/c1-3-33-26(32)23-9-4-5-14-29(23)17-25(31)30-24(20-7-6-8-21(27)15-20)16-22(28-30)19-12-10-18(2)11-13-19/h6-8,10-13,15,23-24H,3-5,9,14,16-17H2,1-2H3. The highest BCUT2D eigenvalue weighted by Crippen LogP contribution is 2.33. The highest BCUT2D eigenvalue weighted by molar-refractivity contribution is 6.03. The smallest absolute Gasteiger partial charge is 0.323 e. The number of hydrogen-bond acceptors (Lipinski definition) is 5. The number of carbonyl (C=O) groups excluding carboxylic acids is 2. The van der Waals surface area contributed by atoms with Crippen LogP contribution in [-0.4, -0.2) is 53.2 Å². The number of rotatable bonds is 6. The van der Waals surface area contributed by atoms with Crippen LogP contribution in [0.2, 0.25) is 0 Å². The molecule has 2 heterocycles. The van der Waals surface area contributed by atoms with E-state index >= 15 is 0 Å². The molecule has 174 valence electrons. The van der Waals surface area contributed by atoms with Crippen LogP contribution in [0.1, 0.15) is 55.3 Å². The summed E-state index contributed by atoms with van der Waals surface area (Å²) in [6, 6.07) is 13.5. The predicted molar refractivity (Wildman–Crippen MR) is 124 cm³/mol. The Labute approximate surface area is 194 Å². The van der Waals surface area contributed by atoms with Crippen LogP contribution in [0.5, 0.6) is 0 Å². The Hall–Kier alpha value is -3.06. The highest BCUT2D eigenvalue weighted by atomic mass is 19.1. The molecule has 0 aliphatic carbocycles. The second-order valence-electron chi connectivity index (χ2n) is 8.66. The number of hydrazone groups is 1. The molecule has 7 heteroatoms. The fourth-order valence-electron chi connectivity index (χ4n) is 4.57.